The summed E-state index contributed by atoms with van der Waals surface area (Å²) >= 11 is 0. The molecule has 0 unspecified atom stereocenters. The molecule has 2 aromatic rings. The van der Waals surface area contributed by atoms with Crippen LogP contribution in [0.15, 0.2) is 47.4 Å². The van der Waals surface area contributed by atoms with E-state index in [0.717, 1.165) is 16.7 Å². The highest BCUT2D eigenvalue weighted by Gasteiger charge is 2.28. The molecule has 0 fully saturated rings. The van der Waals surface area contributed by atoms with Gasteiger partial charge in [-0.25, -0.2) is 8.42 Å². The van der Waals surface area contributed by atoms with Crippen LogP contribution in [-0.2, 0) is 19.6 Å². The number of carbonyl (C=O) groups is 1. The van der Waals surface area contributed by atoms with Crippen LogP contribution in [0.25, 0.3) is 0 Å². The van der Waals surface area contributed by atoms with Gasteiger partial charge in [0.25, 0.3) is 10.0 Å². The van der Waals surface area contributed by atoms with Crippen molar-refractivity contribution in [1.29, 1.82) is 0 Å². The molecule has 0 bridgehead atoms. The smallest absolute Gasteiger partial charge is 0.264 e. The summed E-state index contributed by atoms with van der Waals surface area (Å²) in [5.41, 5.74) is 3.15. The molecule has 0 heterocycles. The fourth-order valence-corrected chi connectivity index (χ4v) is 4.35. The average molecular weight is 405 g/mol. The Kier molecular flexibility index (Phi) is 7.21. The number of anilines is 1. The molecule has 152 valence electrons. The lowest BCUT2D eigenvalue weighted by Crippen LogP contribution is -2.45. The van der Waals surface area contributed by atoms with Gasteiger partial charge in [0.1, 0.15) is 6.54 Å². The summed E-state index contributed by atoms with van der Waals surface area (Å²) in [5, 5.41) is 2.78. The average Bonchev–Trinajstić information content (AvgIpc) is 2.62. The van der Waals surface area contributed by atoms with Crippen molar-refractivity contribution in [2.75, 3.05) is 24.6 Å². The molecule has 0 aliphatic heterocycles. The molecule has 0 spiro atoms. The zero-order valence-corrected chi connectivity index (χ0v) is 17.8. The van der Waals surface area contributed by atoms with E-state index in [0.29, 0.717) is 12.3 Å². The maximum absolute atomic E-state index is 13.4. The molecule has 2 aromatic carbocycles. The predicted octanol–water partition coefficient (Wildman–Crippen LogP) is 2.96. The number of carbonyl (C=O) groups excluding carboxylic acids is 1. The molecule has 1 amide bonds. The fraction of sp³-hybridized carbons (Fsp3) is 0.381. The van der Waals surface area contributed by atoms with Gasteiger partial charge in [0.2, 0.25) is 5.91 Å². The van der Waals surface area contributed by atoms with E-state index in [1.807, 2.05) is 32.9 Å². The lowest BCUT2D eigenvalue weighted by molar-refractivity contribution is -0.120. The van der Waals surface area contributed by atoms with E-state index in [4.69, 9.17) is 4.74 Å². The summed E-state index contributed by atoms with van der Waals surface area (Å²) in [6, 6.07) is 11.9. The highest BCUT2D eigenvalue weighted by molar-refractivity contribution is 7.92. The second-order valence-electron chi connectivity index (χ2n) is 7.04. The Morgan fingerprint density at radius 2 is 1.68 bits per heavy atom. The Morgan fingerprint density at radius 3 is 2.29 bits per heavy atom. The van der Waals surface area contributed by atoms with E-state index in [1.165, 1.54) is 4.31 Å². The van der Waals surface area contributed by atoms with Gasteiger partial charge >= 0.3 is 0 Å². The number of nitrogens with one attached hydrogen (secondary N) is 1. The number of rotatable bonds is 8. The topological polar surface area (TPSA) is 75.7 Å². The first kappa shape index (κ1) is 21.9. The number of methoxy groups -OCH3 is 1. The Bertz CT molecular complexity index is 924. The molecule has 0 aliphatic carbocycles. The van der Waals surface area contributed by atoms with Crippen LogP contribution in [0.5, 0.6) is 0 Å². The van der Waals surface area contributed by atoms with Crippen LogP contribution in [0.2, 0.25) is 0 Å². The van der Waals surface area contributed by atoms with E-state index in [-0.39, 0.29) is 23.4 Å². The molecule has 1 atom stereocenters. The van der Waals surface area contributed by atoms with E-state index in [2.05, 4.69) is 5.32 Å². The molecular weight excluding hydrogens is 376 g/mol. The summed E-state index contributed by atoms with van der Waals surface area (Å²) in [5.74, 6) is -0.388. The third-order valence-electron chi connectivity index (χ3n) is 4.35. The van der Waals surface area contributed by atoms with E-state index >= 15 is 0 Å². The molecule has 28 heavy (non-hydrogen) atoms. The van der Waals surface area contributed by atoms with Gasteiger partial charge in [-0.1, -0.05) is 29.8 Å². The Labute approximate surface area is 167 Å². The molecule has 0 radical (unpaired) electrons. The fourth-order valence-electron chi connectivity index (χ4n) is 2.87. The number of aryl methyl sites for hydroxylation is 3. The van der Waals surface area contributed by atoms with Crippen molar-refractivity contribution in [2.24, 2.45) is 0 Å². The molecule has 6 nitrogen and oxygen atoms in total. The minimum absolute atomic E-state index is 0.150. The molecule has 0 saturated carbocycles. The van der Waals surface area contributed by atoms with Gasteiger partial charge in [-0.15, -0.1) is 0 Å². The van der Waals surface area contributed by atoms with Crippen LogP contribution in [0, 0.1) is 20.8 Å². The molecule has 1 N–H and O–H groups in total. The lowest BCUT2D eigenvalue weighted by atomic mass is 10.1. The van der Waals surface area contributed by atoms with E-state index in [9.17, 15) is 13.2 Å². The first-order valence-corrected chi connectivity index (χ1v) is 10.5. The van der Waals surface area contributed by atoms with Gasteiger partial charge in [-0.2, -0.15) is 0 Å². The Balaban J connectivity index is 2.45. The Hall–Kier alpha value is -2.38. The quantitative estimate of drug-likeness (QED) is 0.734. The van der Waals surface area contributed by atoms with E-state index < -0.39 is 10.0 Å². The van der Waals surface area contributed by atoms with Crippen LogP contribution in [0.3, 0.4) is 0 Å². The van der Waals surface area contributed by atoms with Crippen LogP contribution in [0.4, 0.5) is 5.69 Å². The predicted molar refractivity (Wildman–Crippen MR) is 111 cm³/mol. The first-order chi connectivity index (χ1) is 13.1. The molecule has 2 rings (SSSR count). The van der Waals surface area contributed by atoms with Crippen molar-refractivity contribution < 1.29 is 17.9 Å². The molecule has 0 aliphatic rings. The third kappa shape index (κ3) is 5.33. The van der Waals surface area contributed by atoms with Gasteiger partial charge in [0, 0.05) is 13.2 Å². The molecule has 0 saturated heterocycles. The van der Waals surface area contributed by atoms with Gasteiger partial charge < -0.3 is 10.1 Å². The highest BCUT2D eigenvalue weighted by Crippen LogP contribution is 2.28. The van der Waals surface area contributed by atoms with Crippen LogP contribution in [-0.4, -0.2) is 40.6 Å². The minimum atomic E-state index is -3.91. The standard InChI is InChI=1S/C21H28N2O4S/c1-15-7-10-19(11-8-15)28(25,26)23(13-21(24)22-18(4)14-27-5)20-12-16(2)6-9-17(20)3/h6-12,18H,13-14H2,1-5H3,(H,22,24)/t18-/m1/s1. The maximum atomic E-state index is 13.4. The van der Waals surface area contributed by atoms with Gasteiger partial charge in [-0.3, -0.25) is 9.10 Å². The molecule has 7 heteroatoms. The number of hydrogen-bond donors (Lipinski definition) is 1. The largest absolute Gasteiger partial charge is 0.383 e. The second-order valence-corrected chi connectivity index (χ2v) is 8.90. The van der Waals surface area contributed by atoms with Gasteiger partial charge in [0.05, 0.1) is 17.2 Å². The number of hydrogen-bond acceptors (Lipinski definition) is 4. The SMILES string of the molecule is COC[C@@H](C)NC(=O)CN(c1cc(C)ccc1C)S(=O)(=O)c1ccc(C)cc1. The molecule has 0 aromatic heterocycles. The monoisotopic (exact) mass is 404 g/mol. The van der Waals surface area contributed by atoms with Crippen molar-refractivity contribution in [1.82, 2.24) is 5.32 Å². The minimum Gasteiger partial charge on any atom is -0.383 e. The number of amides is 1. The zero-order valence-electron chi connectivity index (χ0n) is 17.0. The van der Waals surface area contributed by atoms with Crippen molar-refractivity contribution >= 4 is 21.6 Å². The number of benzene rings is 2. The first-order valence-electron chi connectivity index (χ1n) is 9.10. The number of nitrogens with zero attached hydrogens (tertiary/aromatic N) is 1. The lowest BCUT2D eigenvalue weighted by Gasteiger charge is -2.26. The van der Waals surface area contributed by atoms with E-state index in [1.54, 1.807) is 44.4 Å². The van der Waals surface area contributed by atoms with Crippen molar-refractivity contribution in [3.05, 3.63) is 59.2 Å². The van der Waals surface area contributed by atoms with Crippen LogP contribution >= 0.6 is 0 Å². The van der Waals surface area contributed by atoms with Crippen molar-refractivity contribution in [2.45, 2.75) is 38.6 Å². The Morgan fingerprint density at radius 1 is 1.07 bits per heavy atom. The molecular formula is C21H28N2O4S. The van der Waals surface area contributed by atoms with Crippen LogP contribution < -0.4 is 9.62 Å². The van der Waals surface area contributed by atoms with Gasteiger partial charge in [0.15, 0.2) is 0 Å². The summed E-state index contributed by atoms with van der Waals surface area (Å²) < 4.78 is 33.0. The highest BCUT2D eigenvalue weighted by atomic mass is 32.2. The van der Waals surface area contributed by atoms with Gasteiger partial charge in [-0.05, 0) is 57.0 Å². The summed E-state index contributed by atoms with van der Waals surface area (Å²) in [7, 11) is -2.36. The summed E-state index contributed by atoms with van der Waals surface area (Å²) in [4.78, 5) is 12.7. The number of sulfonamides is 1. The number of ether oxygens (including phenoxy) is 1. The third-order valence-corrected chi connectivity index (χ3v) is 6.13. The normalized spacial score (nSPS) is 12.5. The van der Waals surface area contributed by atoms with Crippen molar-refractivity contribution in [3.63, 3.8) is 0 Å². The van der Waals surface area contributed by atoms with Crippen LogP contribution in [0.1, 0.15) is 23.6 Å². The zero-order chi connectivity index (χ0) is 20.9. The van der Waals surface area contributed by atoms with Crippen molar-refractivity contribution in [3.8, 4) is 0 Å². The summed E-state index contributed by atoms with van der Waals surface area (Å²) in [6.45, 7) is 7.45. The second kappa shape index (κ2) is 9.21. The maximum Gasteiger partial charge on any atom is 0.264 e. The summed E-state index contributed by atoms with van der Waals surface area (Å²) in [6.07, 6.45) is 0.